The summed E-state index contributed by atoms with van der Waals surface area (Å²) < 4.78 is 33.4. The molecule has 0 aromatic heterocycles. The smallest absolute Gasteiger partial charge is 0.279 e. The fraction of sp³-hybridized carbons (Fsp3) is 1.00. The predicted octanol–water partition coefficient (Wildman–Crippen LogP) is -0.0499. The van der Waals surface area contributed by atoms with Crippen molar-refractivity contribution in [1.82, 2.24) is 9.03 Å². The number of piperidine rings is 1. The van der Waals surface area contributed by atoms with E-state index in [2.05, 4.69) is 4.72 Å². The summed E-state index contributed by atoms with van der Waals surface area (Å²) >= 11 is 0. The van der Waals surface area contributed by atoms with Gasteiger partial charge < -0.3 is 9.84 Å². The lowest BCUT2D eigenvalue weighted by Gasteiger charge is -2.31. The van der Waals surface area contributed by atoms with Gasteiger partial charge in [0, 0.05) is 19.6 Å². The average molecular weight is 280 g/mol. The predicted molar refractivity (Wildman–Crippen MR) is 69.4 cm³/mol. The molecule has 1 fully saturated rings. The van der Waals surface area contributed by atoms with Crippen LogP contribution in [0.1, 0.15) is 26.7 Å². The van der Waals surface area contributed by atoms with Gasteiger partial charge in [-0.2, -0.15) is 12.7 Å². The van der Waals surface area contributed by atoms with Crippen molar-refractivity contribution >= 4 is 10.2 Å². The normalized spacial score (nSPS) is 19.6. The number of nitrogens with zero attached hydrogens (tertiary/aromatic N) is 1. The molecule has 108 valence electrons. The zero-order valence-corrected chi connectivity index (χ0v) is 11.9. The summed E-state index contributed by atoms with van der Waals surface area (Å²) in [5.74, 6) is 0.296. The summed E-state index contributed by atoms with van der Waals surface area (Å²) in [6.07, 6.45) is 1.43. The van der Waals surface area contributed by atoms with Crippen LogP contribution in [0.5, 0.6) is 0 Å². The molecule has 0 aliphatic carbocycles. The minimum Gasteiger partial charge on any atom is -0.394 e. The van der Waals surface area contributed by atoms with E-state index >= 15 is 0 Å². The van der Waals surface area contributed by atoms with Gasteiger partial charge in [-0.1, -0.05) is 13.8 Å². The Morgan fingerprint density at radius 3 is 2.50 bits per heavy atom. The van der Waals surface area contributed by atoms with Gasteiger partial charge in [0.1, 0.15) is 0 Å². The Bertz CT molecular complexity index is 324. The van der Waals surface area contributed by atoms with Gasteiger partial charge in [-0.25, -0.2) is 4.72 Å². The molecule has 0 saturated carbocycles. The monoisotopic (exact) mass is 280 g/mol. The van der Waals surface area contributed by atoms with Crippen molar-refractivity contribution in [2.24, 2.45) is 5.92 Å². The first-order valence-electron chi connectivity index (χ1n) is 6.43. The van der Waals surface area contributed by atoms with Crippen LogP contribution >= 0.6 is 0 Å². The SMILES string of the molecule is CC(C)CNS(=O)(=O)N1CCC(OCCO)CC1. The molecule has 7 heteroatoms. The second-order valence-corrected chi connectivity index (χ2v) is 6.70. The lowest BCUT2D eigenvalue weighted by Crippen LogP contribution is -2.47. The molecule has 6 nitrogen and oxygen atoms in total. The zero-order chi connectivity index (χ0) is 13.6. The molecule has 1 aliphatic heterocycles. The van der Waals surface area contributed by atoms with Gasteiger partial charge in [-0.15, -0.1) is 0 Å². The van der Waals surface area contributed by atoms with Gasteiger partial charge in [0.25, 0.3) is 10.2 Å². The average Bonchev–Trinajstić information content (AvgIpc) is 2.34. The molecule has 1 aliphatic rings. The van der Waals surface area contributed by atoms with E-state index in [9.17, 15) is 8.42 Å². The molecule has 0 spiro atoms. The molecular weight excluding hydrogens is 256 g/mol. The largest absolute Gasteiger partial charge is 0.394 e. The number of aliphatic hydroxyl groups excluding tert-OH is 1. The molecular formula is C11H24N2O4S. The van der Waals surface area contributed by atoms with Crippen LogP contribution in [0.4, 0.5) is 0 Å². The van der Waals surface area contributed by atoms with Crippen LogP contribution in [0.15, 0.2) is 0 Å². The Hall–Kier alpha value is -0.210. The minimum absolute atomic E-state index is 0.00839. The van der Waals surface area contributed by atoms with E-state index < -0.39 is 10.2 Å². The highest BCUT2D eigenvalue weighted by Crippen LogP contribution is 2.15. The standard InChI is InChI=1S/C11H24N2O4S/c1-10(2)9-12-18(15,16)13-5-3-11(4-6-13)17-8-7-14/h10-12,14H,3-9H2,1-2H3. The van der Waals surface area contributed by atoms with E-state index in [4.69, 9.17) is 9.84 Å². The molecule has 0 unspecified atom stereocenters. The van der Waals surface area contributed by atoms with E-state index in [0.29, 0.717) is 45.0 Å². The third kappa shape index (κ3) is 5.19. The van der Waals surface area contributed by atoms with Crippen molar-refractivity contribution in [3.8, 4) is 0 Å². The van der Waals surface area contributed by atoms with Crippen molar-refractivity contribution in [2.45, 2.75) is 32.8 Å². The molecule has 0 aromatic carbocycles. The molecule has 0 bridgehead atoms. The Morgan fingerprint density at radius 1 is 1.39 bits per heavy atom. The molecule has 0 amide bonds. The van der Waals surface area contributed by atoms with Gasteiger partial charge in [0.05, 0.1) is 19.3 Å². The summed E-state index contributed by atoms with van der Waals surface area (Å²) in [5.41, 5.74) is 0. The Morgan fingerprint density at radius 2 is 2.00 bits per heavy atom. The van der Waals surface area contributed by atoms with E-state index in [1.807, 2.05) is 13.8 Å². The highest BCUT2D eigenvalue weighted by atomic mass is 32.2. The third-order valence-electron chi connectivity index (χ3n) is 2.86. The van der Waals surface area contributed by atoms with Crippen LogP contribution in [0.25, 0.3) is 0 Å². The minimum atomic E-state index is -3.34. The van der Waals surface area contributed by atoms with Crippen LogP contribution in [0.3, 0.4) is 0 Å². The Labute approximate surface area is 109 Å². The molecule has 1 rings (SSSR count). The second kappa shape index (κ2) is 7.40. The second-order valence-electron chi connectivity index (χ2n) is 4.94. The maximum atomic E-state index is 11.9. The molecule has 18 heavy (non-hydrogen) atoms. The van der Waals surface area contributed by atoms with Crippen molar-refractivity contribution < 1.29 is 18.3 Å². The molecule has 1 heterocycles. The summed E-state index contributed by atoms with van der Waals surface area (Å²) in [7, 11) is -3.34. The van der Waals surface area contributed by atoms with Crippen molar-refractivity contribution in [3.05, 3.63) is 0 Å². The first-order chi connectivity index (χ1) is 8.45. The van der Waals surface area contributed by atoms with Gasteiger partial charge in [-0.05, 0) is 18.8 Å². The van der Waals surface area contributed by atoms with Crippen LogP contribution in [-0.4, -0.2) is 56.8 Å². The summed E-state index contributed by atoms with van der Waals surface area (Å²) in [5, 5.41) is 8.66. The molecule has 0 aromatic rings. The van der Waals surface area contributed by atoms with Gasteiger partial charge >= 0.3 is 0 Å². The lowest BCUT2D eigenvalue weighted by molar-refractivity contribution is 0.00305. The van der Waals surface area contributed by atoms with Crippen molar-refractivity contribution in [2.75, 3.05) is 32.8 Å². The summed E-state index contributed by atoms with van der Waals surface area (Å²) in [6.45, 7) is 5.68. The summed E-state index contributed by atoms with van der Waals surface area (Å²) in [4.78, 5) is 0. The van der Waals surface area contributed by atoms with Gasteiger partial charge in [0.15, 0.2) is 0 Å². The fourth-order valence-electron chi connectivity index (χ4n) is 1.82. The van der Waals surface area contributed by atoms with Crippen LogP contribution in [0, 0.1) is 5.92 Å². The van der Waals surface area contributed by atoms with Crippen LogP contribution in [-0.2, 0) is 14.9 Å². The van der Waals surface area contributed by atoms with Crippen LogP contribution < -0.4 is 4.72 Å². The molecule has 1 saturated heterocycles. The number of nitrogens with one attached hydrogen (secondary N) is 1. The van der Waals surface area contributed by atoms with E-state index in [1.165, 1.54) is 4.31 Å². The lowest BCUT2D eigenvalue weighted by atomic mass is 10.1. The number of aliphatic hydroxyl groups is 1. The first kappa shape index (κ1) is 15.8. The van der Waals surface area contributed by atoms with E-state index in [-0.39, 0.29) is 12.7 Å². The zero-order valence-electron chi connectivity index (χ0n) is 11.1. The summed E-state index contributed by atoms with van der Waals surface area (Å²) in [6, 6.07) is 0. The van der Waals surface area contributed by atoms with Gasteiger partial charge in [-0.3, -0.25) is 0 Å². The number of ether oxygens (including phenoxy) is 1. The fourth-order valence-corrected chi connectivity index (χ4v) is 3.24. The first-order valence-corrected chi connectivity index (χ1v) is 7.87. The topological polar surface area (TPSA) is 78.9 Å². The maximum absolute atomic E-state index is 11.9. The van der Waals surface area contributed by atoms with Crippen molar-refractivity contribution in [3.63, 3.8) is 0 Å². The van der Waals surface area contributed by atoms with Crippen LogP contribution in [0.2, 0.25) is 0 Å². The van der Waals surface area contributed by atoms with E-state index in [0.717, 1.165) is 0 Å². The molecule has 0 atom stereocenters. The number of hydrogen-bond acceptors (Lipinski definition) is 4. The Kier molecular flexibility index (Phi) is 6.51. The highest BCUT2D eigenvalue weighted by molar-refractivity contribution is 7.87. The van der Waals surface area contributed by atoms with E-state index in [1.54, 1.807) is 0 Å². The van der Waals surface area contributed by atoms with Crippen molar-refractivity contribution in [1.29, 1.82) is 0 Å². The molecule has 2 N–H and O–H groups in total. The molecule has 0 radical (unpaired) electrons. The number of hydrogen-bond donors (Lipinski definition) is 2. The maximum Gasteiger partial charge on any atom is 0.279 e. The Balaban J connectivity index is 2.37. The third-order valence-corrected chi connectivity index (χ3v) is 4.44. The van der Waals surface area contributed by atoms with Gasteiger partial charge in [0.2, 0.25) is 0 Å². The highest BCUT2D eigenvalue weighted by Gasteiger charge is 2.27. The quantitative estimate of drug-likeness (QED) is 0.685. The number of rotatable bonds is 7.